The van der Waals surface area contributed by atoms with E-state index in [1.54, 1.807) is 0 Å². The molecule has 0 aliphatic heterocycles. The summed E-state index contributed by atoms with van der Waals surface area (Å²) in [6, 6.07) is 16.5. The van der Waals surface area contributed by atoms with Gasteiger partial charge in [-0.05, 0) is 60.4 Å². The molecule has 1 atom stereocenters. The van der Waals surface area contributed by atoms with E-state index in [-0.39, 0.29) is 5.54 Å². The molecule has 0 radical (unpaired) electrons. The van der Waals surface area contributed by atoms with Crippen LogP contribution in [-0.4, -0.2) is 20.2 Å². The van der Waals surface area contributed by atoms with Crippen LogP contribution in [0.5, 0.6) is 0 Å². The molecule has 0 unspecified atom stereocenters. The van der Waals surface area contributed by atoms with Crippen molar-refractivity contribution in [2.45, 2.75) is 46.1 Å². The lowest BCUT2D eigenvalue weighted by Gasteiger charge is -2.30. The lowest BCUT2D eigenvalue weighted by molar-refractivity contribution is 0.474. The first-order valence-electron chi connectivity index (χ1n) is 8.80. The van der Waals surface area contributed by atoms with Gasteiger partial charge in [-0.3, -0.25) is 0 Å². The Labute approximate surface area is 149 Å². The number of para-hydroxylation sites is 2. The molecule has 25 heavy (non-hydrogen) atoms. The number of nitrogens with one attached hydrogen (secondary N) is 1. The average molecular weight is 335 g/mol. The topological polar surface area (TPSA) is 55.6 Å². The maximum atomic E-state index is 4.39. The fraction of sp³-hybridized carbons (Fsp3) is 0.350. The van der Waals surface area contributed by atoms with Crippen LogP contribution in [0.1, 0.15) is 44.1 Å². The summed E-state index contributed by atoms with van der Waals surface area (Å²) >= 11 is 0. The van der Waals surface area contributed by atoms with E-state index in [4.69, 9.17) is 0 Å². The molecule has 5 nitrogen and oxygen atoms in total. The number of anilines is 1. The maximum Gasteiger partial charge on any atom is 0.181 e. The van der Waals surface area contributed by atoms with E-state index in [1.807, 2.05) is 22.9 Å². The lowest BCUT2D eigenvalue weighted by Crippen LogP contribution is -2.34. The summed E-state index contributed by atoms with van der Waals surface area (Å²) in [6.45, 7) is 8.55. The van der Waals surface area contributed by atoms with Crippen molar-refractivity contribution < 1.29 is 0 Å². The second kappa shape index (κ2) is 7.05. The summed E-state index contributed by atoms with van der Waals surface area (Å²) < 4.78 is 1.90. The first-order chi connectivity index (χ1) is 12.1. The molecule has 1 heterocycles. The van der Waals surface area contributed by atoms with Crippen LogP contribution < -0.4 is 5.32 Å². The Morgan fingerprint density at radius 3 is 2.48 bits per heavy atom. The van der Waals surface area contributed by atoms with Crippen LogP contribution >= 0.6 is 0 Å². The van der Waals surface area contributed by atoms with Crippen molar-refractivity contribution in [3.8, 4) is 5.69 Å². The smallest absolute Gasteiger partial charge is 0.181 e. The summed E-state index contributed by atoms with van der Waals surface area (Å²) in [4.78, 5) is 0. The van der Waals surface area contributed by atoms with Crippen molar-refractivity contribution in [3.05, 3.63) is 65.5 Å². The zero-order valence-electron chi connectivity index (χ0n) is 15.3. The molecule has 0 spiro atoms. The van der Waals surface area contributed by atoms with Crippen LogP contribution in [0.4, 0.5) is 5.69 Å². The second-order valence-electron chi connectivity index (χ2n) is 6.53. The van der Waals surface area contributed by atoms with Crippen molar-refractivity contribution in [3.63, 3.8) is 0 Å². The highest BCUT2D eigenvalue weighted by Gasteiger charge is 2.32. The monoisotopic (exact) mass is 335 g/mol. The van der Waals surface area contributed by atoms with E-state index in [1.165, 1.54) is 11.1 Å². The first kappa shape index (κ1) is 17.1. The quantitative estimate of drug-likeness (QED) is 0.731. The van der Waals surface area contributed by atoms with Gasteiger partial charge < -0.3 is 5.32 Å². The van der Waals surface area contributed by atoms with Gasteiger partial charge in [0.15, 0.2) is 5.82 Å². The number of nitrogens with zero attached hydrogens (tertiary/aromatic N) is 4. The molecular formula is C20H25N5. The van der Waals surface area contributed by atoms with Crippen LogP contribution in [0, 0.1) is 6.92 Å². The third-order valence-corrected chi connectivity index (χ3v) is 4.78. The SMILES string of the molecule is CCc1cccc(C)c1-n1nnnc1[C@@](C)(CC)Nc1ccccc1. The Hall–Kier alpha value is -2.69. The number of tetrazole rings is 1. The number of rotatable bonds is 6. The molecule has 0 aliphatic carbocycles. The number of aryl methyl sites for hydroxylation is 2. The largest absolute Gasteiger partial charge is 0.373 e. The van der Waals surface area contributed by atoms with E-state index in [0.717, 1.165) is 30.0 Å². The average Bonchev–Trinajstić information content (AvgIpc) is 3.12. The molecule has 0 saturated heterocycles. The molecule has 0 amide bonds. The second-order valence-corrected chi connectivity index (χ2v) is 6.53. The number of hydrogen-bond acceptors (Lipinski definition) is 4. The fourth-order valence-corrected chi connectivity index (χ4v) is 3.13. The van der Waals surface area contributed by atoms with Gasteiger partial charge in [-0.2, -0.15) is 4.68 Å². The molecule has 5 heteroatoms. The Bertz CT molecular complexity index is 840. The van der Waals surface area contributed by atoms with Gasteiger partial charge in [0.1, 0.15) is 0 Å². The third kappa shape index (κ3) is 3.27. The van der Waals surface area contributed by atoms with Crippen molar-refractivity contribution in [2.75, 3.05) is 5.32 Å². The Kier molecular flexibility index (Phi) is 4.83. The lowest BCUT2D eigenvalue weighted by atomic mass is 9.96. The maximum absolute atomic E-state index is 4.39. The molecule has 0 saturated carbocycles. The van der Waals surface area contributed by atoms with Crippen LogP contribution in [0.3, 0.4) is 0 Å². The molecule has 0 aliphatic rings. The zero-order valence-corrected chi connectivity index (χ0v) is 15.3. The predicted octanol–water partition coefficient (Wildman–Crippen LogP) is 4.27. The van der Waals surface area contributed by atoms with E-state index in [9.17, 15) is 0 Å². The van der Waals surface area contributed by atoms with Gasteiger partial charge in [-0.25, -0.2) is 0 Å². The van der Waals surface area contributed by atoms with Gasteiger partial charge in [0.25, 0.3) is 0 Å². The molecule has 3 rings (SSSR count). The summed E-state index contributed by atoms with van der Waals surface area (Å²) in [5.41, 5.74) is 4.18. The number of benzene rings is 2. The van der Waals surface area contributed by atoms with Gasteiger partial charge >= 0.3 is 0 Å². The molecular weight excluding hydrogens is 310 g/mol. The van der Waals surface area contributed by atoms with Crippen LogP contribution in [0.25, 0.3) is 5.69 Å². The minimum atomic E-state index is -0.377. The van der Waals surface area contributed by atoms with Gasteiger partial charge in [0.2, 0.25) is 0 Å². The first-order valence-corrected chi connectivity index (χ1v) is 8.80. The number of hydrogen-bond donors (Lipinski definition) is 1. The highest BCUT2D eigenvalue weighted by Crippen LogP contribution is 2.30. The summed E-state index contributed by atoms with van der Waals surface area (Å²) in [5.74, 6) is 0.822. The Morgan fingerprint density at radius 1 is 1.04 bits per heavy atom. The van der Waals surface area contributed by atoms with Crippen molar-refractivity contribution in [1.82, 2.24) is 20.2 Å². The molecule has 3 aromatic rings. The van der Waals surface area contributed by atoms with Crippen LogP contribution in [0.2, 0.25) is 0 Å². The van der Waals surface area contributed by atoms with Gasteiger partial charge in [0.05, 0.1) is 11.2 Å². The van der Waals surface area contributed by atoms with Crippen LogP contribution in [-0.2, 0) is 12.0 Å². The Morgan fingerprint density at radius 2 is 1.80 bits per heavy atom. The molecule has 1 N–H and O–H groups in total. The summed E-state index contributed by atoms with van der Waals surface area (Å²) in [7, 11) is 0. The number of aromatic nitrogens is 4. The van der Waals surface area contributed by atoms with E-state index < -0.39 is 0 Å². The van der Waals surface area contributed by atoms with Crippen molar-refractivity contribution in [2.24, 2.45) is 0 Å². The molecule has 0 bridgehead atoms. The summed E-state index contributed by atoms with van der Waals surface area (Å²) in [6.07, 6.45) is 1.79. The highest BCUT2D eigenvalue weighted by atomic mass is 15.6. The van der Waals surface area contributed by atoms with Gasteiger partial charge in [0, 0.05) is 5.69 Å². The minimum absolute atomic E-state index is 0.377. The van der Waals surface area contributed by atoms with Crippen molar-refractivity contribution in [1.29, 1.82) is 0 Å². The highest BCUT2D eigenvalue weighted by molar-refractivity contribution is 5.50. The molecule has 130 valence electrons. The zero-order chi connectivity index (χ0) is 17.9. The van der Waals surface area contributed by atoms with E-state index in [2.05, 4.69) is 78.9 Å². The normalized spacial score (nSPS) is 13.4. The predicted molar refractivity (Wildman–Crippen MR) is 101 cm³/mol. The molecule has 1 aromatic heterocycles. The van der Waals surface area contributed by atoms with E-state index in [0.29, 0.717) is 0 Å². The standard InChI is InChI=1S/C20H25N5/c1-5-16-12-10-11-15(3)18(16)25-19(22-23-24-25)20(4,6-2)21-17-13-8-7-9-14-17/h7-14,21H,5-6H2,1-4H3/t20-/m1/s1. The Balaban J connectivity index is 2.09. The van der Waals surface area contributed by atoms with Crippen molar-refractivity contribution >= 4 is 5.69 Å². The third-order valence-electron chi connectivity index (χ3n) is 4.78. The van der Waals surface area contributed by atoms with E-state index >= 15 is 0 Å². The van der Waals surface area contributed by atoms with Gasteiger partial charge in [-0.15, -0.1) is 5.10 Å². The summed E-state index contributed by atoms with van der Waals surface area (Å²) in [5, 5.41) is 16.3. The van der Waals surface area contributed by atoms with Gasteiger partial charge in [-0.1, -0.05) is 50.2 Å². The molecule has 2 aromatic carbocycles. The molecule has 0 fully saturated rings. The fourth-order valence-electron chi connectivity index (χ4n) is 3.13. The van der Waals surface area contributed by atoms with Crippen LogP contribution in [0.15, 0.2) is 48.5 Å². The minimum Gasteiger partial charge on any atom is -0.373 e.